The summed E-state index contributed by atoms with van der Waals surface area (Å²) in [6.45, 7) is 5.28. The Kier molecular flexibility index (Phi) is 2.99. The standard InChI is InChI=1S/C17H12O2S/c1-3-11-6-4-8-13-16(19)15-12(10(2)18)7-5-9-14(15)20-17(11)13/h3-9H,1H2,2H3. The lowest BCUT2D eigenvalue weighted by molar-refractivity contribution is 0.101. The van der Waals surface area contributed by atoms with Crippen molar-refractivity contribution in [1.29, 1.82) is 0 Å². The number of Topliss-reactive ketones (excluding diaryl/α,β-unsaturated/α-hetero) is 1. The van der Waals surface area contributed by atoms with Gasteiger partial charge in [0.15, 0.2) is 11.2 Å². The van der Waals surface area contributed by atoms with E-state index in [0.29, 0.717) is 16.3 Å². The predicted molar refractivity (Wildman–Crippen MR) is 85.7 cm³/mol. The van der Waals surface area contributed by atoms with E-state index in [1.807, 2.05) is 24.3 Å². The summed E-state index contributed by atoms with van der Waals surface area (Å²) in [7, 11) is 0. The number of carbonyl (C=O) groups excluding carboxylic acids is 1. The first kappa shape index (κ1) is 12.8. The maximum Gasteiger partial charge on any atom is 0.196 e. The van der Waals surface area contributed by atoms with E-state index in [4.69, 9.17) is 0 Å². The van der Waals surface area contributed by atoms with Crippen LogP contribution in [0.25, 0.3) is 26.2 Å². The Morgan fingerprint density at radius 3 is 2.65 bits per heavy atom. The Labute approximate surface area is 120 Å². The molecule has 0 fully saturated rings. The number of benzene rings is 2. The molecule has 0 atom stereocenters. The molecule has 0 bridgehead atoms. The molecular formula is C17H12O2S. The van der Waals surface area contributed by atoms with Crippen molar-refractivity contribution in [3.05, 3.63) is 64.3 Å². The van der Waals surface area contributed by atoms with Crippen LogP contribution in [0.15, 0.2) is 47.8 Å². The third-order valence-corrected chi connectivity index (χ3v) is 4.57. The topological polar surface area (TPSA) is 34.1 Å². The van der Waals surface area contributed by atoms with Crippen molar-refractivity contribution in [3.8, 4) is 0 Å². The summed E-state index contributed by atoms with van der Waals surface area (Å²) in [5.41, 5.74) is 1.36. The minimum atomic E-state index is -0.0841. The zero-order valence-corrected chi connectivity index (χ0v) is 11.8. The molecule has 0 amide bonds. The molecule has 0 radical (unpaired) electrons. The highest BCUT2D eigenvalue weighted by atomic mass is 32.1. The maximum atomic E-state index is 12.7. The smallest absolute Gasteiger partial charge is 0.196 e. The third kappa shape index (κ3) is 1.79. The summed E-state index contributed by atoms with van der Waals surface area (Å²) >= 11 is 1.52. The normalized spacial score (nSPS) is 10.8. The van der Waals surface area contributed by atoms with Gasteiger partial charge in [-0.3, -0.25) is 9.59 Å². The van der Waals surface area contributed by atoms with Gasteiger partial charge in [-0.15, -0.1) is 11.3 Å². The minimum absolute atomic E-state index is 0.0803. The van der Waals surface area contributed by atoms with Crippen LogP contribution in [0.1, 0.15) is 22.8 Å². The summed E-state index contributed by atoms with van der Waals surface area (Å²) in [6.07, 6.45) is 1.75. The second kappa shape index (κ2) is 4.69. The summed E-state index contributed by atoms with van der Waals surface area (Å²) in [6, 6.07) is 11.0. The molecular weight excluding hydrogens is 268 g/mol. The lowest BCUT2D eigenvalue weighted by Crippen LogP contribution is -2.06. The zero-order valence-electron chi connectivity index (χ0n) is 11.0. The van der Waals surface area contributed by atoms with E-state index >= 15 is 0 Å². The fourth-order valence-corrected chi connectivity index (χ4v) is 3.61. The largest absolute Gasteiger partial charge is 0.294 e. The summed E-state index contributed by atoms with van der Waals surface area (Å²) in [4.78, 5) is 24.4. The second-order valence-electron chi connectivity index (χ2n) is 4.59. The molecule has 1 heterocycles. The fraction of sp³-hybridized carbons (Fsp3) is 0.0588. The van der Waals surface area contributed by atoms with Gasteiger partial charge in [0.2, 0.25) is 0 Å². The highest BCUT2D eigenvalue weighted by Crippen LogP contribution is 2.29. The van der Waals surface area contributed by atoms with Crippen molar-refractivity contribution in [2.24, 2.45) is 0 Å². The molecule has 2 aromatic carbocycles. The van der Waals surface area contributed by atoms with Gasteiger partial charge in [-0.1, -0.05) is 36.9 Å². The SMILES string of the molecule is C=Cc1cccc2c(=O)c3c(C(C)=O)cccc3sc12. The molecule has 0 aliphatic rings. The van der Waals surface area contributed by atoms with Gasteiger partial charge >= 0.3 is 0 Å². The molecule has 3 heteroatoms. The summed E-state index contributed by atoms with van der Waals surface area (Å²) in [5, 5.41) is 1.17. The van der Waals surface area contributed by atoms with Gasteiger partial charge in [0, 0.05) is 20.3 Å². The van der Waals surface area contributed by atoms with Crippen molar-refractivity contribution in [2.45, 2.75) is 6.92 Å². The molecule has 0 unspecified atom stereocenters. The van der Waals surface area contributed by atoms with Crippen LogP contribution in [0.3, 0.4) is 0 Å². The molecule has 1 aromatic heterocycles. The first-order chi connectivity index (χ1) is 9.63. The molecule has 0 aliphatic heterocycles. The highest BCUT2D eigenvalue weighted by molar-refractivity contribution is 7.24. The Hall–Kier alpha value is -2.26. The van der Waals surface area contributed by atoms with Crippen molar-refractivity contribution >= 4 is 43.4 Å². The quantitative estimate of drug-likeness (QED) is 0.519. The van der Waals surface area contributed by atoms with Gasteiger partial charge in [0.05, 0.1) is 5.39 Å². The van der Waals surface area contributed by atoms with Crippen LogP contribution in [0, 0.1) is 0 Å². The van der Waals surface area contributed by atoms with E-state index < -0.39 is 0 Å². The average molecular weight is 280 g/mol. The molecule has 2 nitrogen and oxygen atoms in total. The van der Waals surface area contributed by atoms with Crippen molar-refractivity contribution in [3.63, 3.8) is 0 Å². The van der Waals surface area contributed by atoms with Crippen LogP contribution in [-0.2, 0) is 0 Å². The minimum Gasteiger partial charge on any atom is -0.294 e. The molecule has 98 valence electrons. The third-order valence-electron chi connectivity index (χ3n) is 3.35. The first-order valence-corrected chi connectivity index (χ1v) is 7.07. The Bertz CT molecular complexity index is 919. The number of rotatable bonds is 2. The molecule has 0 spiro atoms. The van der Waals surface area contributed by atoms with E-state index in [1.54, 1.807) is 18.2 Å². The Balaban J connectivity index is 2.61. The predicted octanol–water partition coefficient (Wildman–Crippen LogP) is 4.26. The molecule has 0 aliphatic carbocycles. The van der Waals surface area contributed by atoms with E-state index in [2.05, 4.69) is 6.58 Å². The second-order valence-corrected chi connectivity index (χ2v) is 5.65. The van der Waals surface area contributed by atoms with E-state index in [9.17, 15) is 9.59 Å². The number of carbonyl (C=O) groups is 1. The molecule has 0 saturated carbocycles. The monoisotopic (exact) mass is 280 g/mol. The Morgan fingerprint density at radius 1 is 1.20 bits per heavy atom. The lowest BCUT2D eigenvalue weighted by atomic mass is 10.0. The van der Waals surface area contributed by atoms with Crippen LogP contribution >= 0.6 is 11.3 Å². The molecule has 20 heavy (non-hydrogen) atoms. The van der Waals surface area contributed by atoms with E-state index in [0.717, 1.165) is 15.0 Å². The van der Waals surface area contributed by atoms with Crippen molar-refractivity contribution in [2.75, 3.05) is 0 Å². The number of ketones is 1. The highest BCUT2D eigenvalue weighted by Gasteiger charge is 2.13. The van der Waals surface area contributed by atoms with Crippen LogP contribution in [0.5, 0.6) is 0 Å². The van der Waals surface area contributed by atoms with Gasteiger partial charge in [0.1, 0.15) is 0 Å². The lowest BCUT2D eigenvalue weighted by Gasteiger charge is -2.06. The molecule has 0 saturated heterocycles. The fourth-order valence-electron chi connectivity index (χ4n) is 2.40. The van der Waals surface area contributed by atoms with Gasteiger partial charge in [-0.05, 0) is 24.6 Å². The van der Waals surface area contributed by atoms with Crippen LogP contribution in [0.2, 0.25) is 0 Å². The van der Waals surface area contributed by atoms with E-state index in [-0.39, 0.29) is 11.2 Å². The van der Waals surface area contributed by atoms with Crippen LogP contribution in [0.4, 0.5) is 0 Å². The maximum absolute atomic E-state index is 12.7. The molecule has 3 rings (SSSR count). The number of fused-ring (bicyclic) bond motifs is 2. The Morgan fingerprint density at radius 2 is 1.95 bits per heavy atom. The number of hydrogen-bond acceptors (Lipinski definition) is 3. The zero-order chi connectivity index (χ0) is 14.3. The van der Waals surface area contributed by atoms with Crippen LogP contribution in [-0.4, -0.2) is 5.78 Å². The summed E-state index contributed by atoms with van der Waals surface area (Å²) < 4.78 is 1.75. The van der Waals surface area contributed by atoms with Crippen LogP contribution < -0.4 is 5.43 Å². The van der Waals surface area contributed by atoms with Gasteiger partial charge in [-0.25, -0.2) is 0 Å². The van der Waals surface area contributed by atoms with Gasteiger partial charge in [-0.2, -0.15) is 0 Å². The summed E-state index contributed by atoms with van der Waals surface area (Å²) in [5.74, 6) is -0.0841. The first-order valence-electron chi connectivity index (χ1n) is 6.25. The molecule has 0 N–H and O–H groups in total. The van der Waals surface area contributed by atoms with Crippen molar-refractivity contribution in [1.82, 2.24) is 0 Å². The number of hydrogen-bond donors (Lipinski definition) is 0. The molecule has 3 aromatic rings. The van der Waals surface area contributed by atoms with Crippen molar-refractivity contribution < 1.29 is 4.79 Å². The van der Waals surface area contributed by atoms with Gasteiger partial charge in [0.25, 0.3) is 0 Å². The average Bonchev–Trinajstić information content (AvgIpc) is 2.46. The van der Waals surface area contributed by atoms with E-state index in [1.165, 1.54) is 18.3 Å². The van der Waals surface area contributed by atoms with Gasteiger partial charge < -0.3 is 0 Å².